The van der Waals surface area contributed by atoms with E-state index in [0.717, 1.165) is 6.42 Å². The fraction of sp³-hybridized carbons (Fsp3) is 0.944. The lowest BCUT2D eigenvalue weighted by atomic mass is 9.88. The van der Waals surface area contributed by atoms with Gasteiger partial charge in [0.2, 0.25) is 0 Å². The minimum absolute atomic E-state index is 0.113. The summed E-state index contributed by atoms with van der Waals surface area (Å²) in [7, 11) is 0. The van der Waals surface area contributed by atoms with Gasteiger partial charge < -0.3 is 0 Å². The van der Waals surface area contributed by atoms with Gasteiger partial charge in [-0.05, 0) is 20.3 Å². The van der Waals surface area contributed by atoms with Crippen LogP contribution in [-0.2, 0) is 0 Å². The van der Waals surface area contributed by atoms with Gasteiger partial charge in [-0.1, -0.05) is 84.0 Å². The Morgan fingerprint density at radius 3 is 1.42 bits per heavy atom. The Balaban J connectivity index is 3.10. The third-order valence-electron chi connectivity index (χ3n) is 3.96. The van der Waals surface area contributed by atoms with Gasteiger partial charge >= 0.3 is 0 Å². The van der Waals surface area contributed by atoms with E-state index in [2.05, 4.69) is 13.0 Å². The van der Waals surface area contributed by atoms with Crippen LogP contribution in [0.1, 0.15) is 104 Å². The Morgan fingerprint density at radius 1 is 0.684 bits per heavy atom. The van der Waals surface area contributed by atoms with E-state index >= 15 is 0 Å². The van der Waals surface area contributed by atoms with E-state index in [9.17, 15) is 0 Å². The maximum absolute atomic E-state index is 8.92. The summed E-state index contributed by atoms with van der Waals surface area (Å²) in [6, 6.07) is 2.38. The molecule has 0 aliphatic rings. The highest BCUT2D eigenvalue weighted by Gasteiger charge is 2.14. The van der Waals surface area contributed by atoms with E-state index in [1.165, 1.54) is 77.0 Å². The third kappa shape index (κ3) is 13.7. The summed E-state index contributed by atoms with van der Waals surface area (Å²) in [6.07, 6.45) is 17.7. The molecule has 0 saturated carbocycles. The summed E-state index contributed by atoms with van der Waals surface area (Å²) in [6.45, 7) is 6.37. The molecule has 0 rings (SSSR count). The van der Waals surface area contributed by atoms with Crippen LogP contribution >= 0.6 is 0 Å². The molecule has 0 aliphatic carbocycles. The molecule has 0 bridgehead atoms. The number of hydrogen-bond acceptors (Lipinski definition) is 1. The van der Waals surface area contributed by atoms with Crippen LogP contribution in [0.4, 0.5) is 0 Å². The van der Waals surface area contributed by atoms with Crippen LogP contribution in [0.25, 0.3) is 0 Å². The molecule has 0 radical (unpaired) electrons. The zero-order valence-electron chi connectivity index (χ0n) is 13.6. The van der Waals surface area contributed by atoms with Crippen molar-refractivity contribution >= 4 is 0 Å². The van der Waals surface area contributed by atoms with Crippen molar-refractivity contribution in [2.75, 3.05) is 0 Å². The van der Waals surface area contributed by atoms with Gasteiger partial charge in [-0.3, -0.25) is 0 Å². The maximum Gasteiger partial charge on any atom is 0.0683 e. The Morgan fingerprint density at radius 2 is 1.05 bits per heavy atom. The molecule has 19 heavy (non-hydrogen) atoms. The first-order valence-corrected chi connectivity index (χ1v) is 8.53. The second kappa shape index (κ2) is 12.5. The Kier molecular flexibility index (Phi) is 12.2. The molecule has 0 aromatic heterocycles. The van der Waals surface area contributed by atoms with Crippen molar-refractivity contribution in [3.8, 4) is 6.07 Å². The number of hydrogen-bond donors (Lipinski definition) is 0. The van der Waals surface area contributed by atoms with Crippen LogP contribution in [0.3, 0.4) is 0 Å². The first kappa shape index (κ1) is 18.5. The van der Waals surface area contributed by atoms with Crippen LogP contribution in [0, 0.1) is 16.7 Å². The number of rotatable bonds is 13. The first-order chi connectivity index (χ1) is 9.12. The molecule has 0 N–H and O–H groups in total. The molecule has 0 aliphatic heterocycles. The van der Waals surface area contributed by atoms with Gasteiger partial charge in [0.25, 0.3) is 0 Å². The lowest BCUT2D eigenvalue weighted by Crippen LogP contribution is -2.06. The van der Waals surface area contributed by atoms with Crippen molar-refractivity contribution < 1.29 is 0 Å². The molecule has 0 heterocycles. The van der Waals surface area contributed by atoms with Gasteiger partial charge in [-0.15, -0.1) is 0 Å². The Hall–Kier alpha value is -0.510. The average Bonchev–Trinajstić information content (AvgIpc) is 2.40. The lowest BCUT2D eigenvalue weighted by molar-refractivity contribution is 0.418. The predicted molar refractivity (Wildman–Crippen MR) is 85.1 cm³/mol. The van der Waals surface area contributed by atoms with Gasteiger partial charge in [0.15, 0.2) is 0 Å². The SMILES string of the molecule is CCCCCCCCCCCCCCC(C)(C)C#N. The Bertz CT molecular complexity index is 224. The monoisotopic (exact) mass is 265 g/mol. The number of nitriles is 1. The zero-order chi connectivity index (χ0) is 14.4. The van der Waals surface area contributed by atoms with Gasteiger partial charge in [-0.25, -0.2) is 0 Å². The number of nitrogens with zero attached hydrogens (tertiary/aromatic N) is 1. The molecule has 0 aromatic rings. The van der Waals surface area contributed by atoms with Crippen LogP contribution in [0.5, 0.6) is 0 Å². The van der Waals surface area contributed by atoms with Crippen LogP contribution in [-0.4, -0.2) is 0 Å². The molecule has 0 amide bonds. The normalized spacial score (nSPS) is 11.5. The topological polar surface area (TPSA) is 23.8 Å². The molecular weight excluding hydrogens is 230 g/mol. The predicted octanol–water partition coefficient (Wildman–Crippen LogP) is 6.63. The summed E-state index contributed by atoms with van der Waals surface area (Å²) in [5.74, 6) is 0. The molecule has 0 aromatic carbocycles. The zero-order valence-corrected chi connectivity index (χ0v) is 13.6. The molecule has 0 atom stereocenters. The largest absolute Gasteiger partial charge is 0.198 e. The third-order valence-corrected chi connectivity index (χ3v) is 3.96. The molecule has 112 valence electrons. The van der Waals surface area contributed by atoms with Gasteiger partial charge in [0.05, 0.1) is 11.5 Å². The fourth-order valence-electron chi connectivity index (χ4n) is 2.46. The fourth-order valence-corrected chi connectivity index (χ4v) is 2.46. The van der Waals surface area contributed by atoms with Crippen molar-refractivity contribution in [1.29, 1.82) is 5.26 Å². The second-order valence-electron chi connectivity index (χ2n) is 6.63. The van der Waals surface area contributed by atoms with E-state index in [1.54, 1.807) is 0 Å². The van der Waals surface area contributed by atoms with Crippen molar-refractivity contribution in [3.63, 3.8) is 0 Å². The number of unbranched alkanes of at least 4 members (excludes halogenated alkanes) is 11. The minimum atomic E-state index is -0.113. The summed E-state index contributed by atoms with van der Waals surface area (Å²) in [4.78, 5) is 0. The molecule has 0 spiro atoms. The van der Waals surface area contributed by atoms with E-state index in [4.69, 9.17) is 5.26 Å². The van der Waals surface area contributed by atoms with E-state index in [-0.39, 0.29) is 5.41 Å². The quantitative estimate of drug-likeness (QED) is 0.343. The molecule has 1 nitrogen and oxygen atoms in total. The van der Waals surface area contributed by atoms with Crippen LogP contribution in [0.2, 0.25) is 0 Å². The smallest absolute Gasteiger partial charge is 0.0683 e. The molecular formula is C18H35N. The molecule has 0 fully saturated rings. The van der Waals surface area contributed by atoms with E-state index < -0.39 is 0 Å². The van der Waals surface area contributed by atoms with Gasteiger partial charge in [0, 0.05) is 0 Å². The van der Waals surface area contributed by atoms with Crippen molar-refractivity contribution in [2.24, 2.45) is 5.41 Å². The molecule has 1 heteroatoms. The van der Waals surface area contributed by atoms with Crippen LogP contribution in [0.15, 0.2) is 0 Å². The maximum atomic E-state index is 8.92. The Labute approximate surface area is 121 Å². The van der Waals surface area contributed by atoms with Gasteiger partial charge in [0.1, 0.15) is 0 Å². The highest BCUT2D eigenvalue weighted by Crippen LogP contribution is 2.22. The highest BCUT2D eigenvalue weighted by molar-refractivity contribution is 4.91. The summed E-state index contributed by atoms with van der Waals surface area (Å²) in [5, 5.41) is 8.92. The lowest BCUT2D eigenvalue weighted by Gasteiger charge is -2.14. The van der Waals surface area contributed by atoms with Crippen molar-refractivity contribution in [2.45, 2.75) is 104 Å². The molecule has 0 saturated heterocycles. The standard InChI is InChI=1S/C18H35N/c1-4-5-6-7-8-9-10-11-12-13-14-15-16-18(2,3)17-19/h4-16H2,1-3H3. The minimum Gasteiger partial charge on any atom is -0.198 e. The average molecular weight is 265 g/mol. The van der Waals surface area contributed by atoms with Gasteiger partial charge in [-0.2, -0.15) is 5.26 Å². The second-order valence-corrected chi connectivity index (χ2v) is 6.63. The first-order valence-electron chi connectivity index (χ1n) is 8.53. The summed E-state index contributed by atoms with van der Waals surface area (Å²) in [5.41, 5.74) is -0.113. The van der Waals surface area contributed by atoms with E-state index in [1.807, 2.05) is 13.8 Å². The van der Waals surface area contributed by atoms with E-state index in [0.29, 0.717) is 0 Å². The van der Waals surface area contributed by atoms with Crippen molar-refractivity contribution in [3.05, 3.63) is 0 Å². The van der Waals surface area contributed by atoms with Crippen molar-refractivity contribution in [1.82, 2.24) is 0 Å². The summed E-state index contributed by atoms with van der Waals surface area (Å²) < 4.78 is 0. The van der Waals surface area contributed by atoms with Crippen LogP contribution < -0.4 is 0 Å². The summed E-state index contributed by atoms with van der Waals surface area (Å²) >= 11 is 0. The molecule has 0 unspecified atom stereocenters. The highest BCUT2D eigenvalue weighted by atomic mass is 14.3.